The van der Waals surface area contributed by atoms with Crippen molar-refractivity contribution >= 4 is 44.7 Å². The number of benzene rings is 2. The SMILES string of the molecule is C=C1Nc2ccc(NC(=O)Nc3ccc(Br)cc3C)cc2N1. The molecule has 1 aliphatic heterocycles. The van der Waals surface area contributed by atoms with Crippen LogP contribution < -0.4 is 21.3 Å². The molecule has 0 spiro atoms. The van der Waals surface area contributed by atoms with Crippen molar-refractivity contribution in [3.63, 3.8) is 0 Å². The molecule has 1 heterocycles. The van der Waals surface area contributed by atoms with Crippen LogP contribution in [0.25, 0.3) is 0 Å². The fourth-order valence-corrected chi connectivity index (χ4v) is 2.72. The first-order valence-corrected chi connectivity index (χ1v) is 7.52. The fraction of sp³-hybridized carbons (Fsp3) is 0.0625. The molecule has 0 aliphatic carbocycles. The van der Waals surface area contributed by atoms with Crippen molar-refractivity contribution in [2.45, 2.75) is 6.92 Å². The smallest absolute Gasteiger partial charge is 0.323 e. The van der Waals surface area contributed by atoms with E-state index in [4.69, 9.17) is 0 Å². The lowest BCUT2D eigenvalue weighted by Crippen LogP contribution is -2.19. The number of carbonyl (C=O) groups is 1. The Balaban J connectivity index is 1.70. The molecule has 3 rings (SSSR count). The molecule has 2 amide bonds. The number of urea groups is 1. The zero-order chi connectivity index (χ0) is 15.7. The minimum atomic E-state index is -0.282. The van der Waals surface area contributed by atoms with E-state index in [0.29, 0.717) is 5.69 Å². The summed E-state index contributed by atoms with van der Waals surface area (Å²) in [7, 11) is 0. The highest BCUT2D eigenvalue weighted by molar-refractivity contribution is 9.10. The van der Waals surface area contributed by atoms with Crippen LogP contribution in [0, 0.1) is 6.92 Å². The van der Waals surface area contributed by atoms with E-state index in [-0.39, 0.29) is 6.03 Å². The molecule has 0 aromatic heterocycles. The average molecular weight is 359 g/mol. The van der Waals surface area contributed by atoms with Gasteiger partial charge in [-0.1, -0.05) is 22.5 Å². The van der Waals surface area contributed by atoms with Crippen LogP contribution >= 0.6 is 15.9 Å². The molecule has 2 aromatic carbocycles. The molecule has 0 atom stereocenters. The van der Waals surface area contributed by atoms with E-state index >= 15 is 0 Å². The third kappa shape index (κ3) is 3.07. The van der Waals surface area contributed by atoms with Gasteiger partial charge in [-0.25, -0.2) is 4.79 Å². The first kappa shape index (κ1) is 14.5. The highest BCUT2D eigenvalue weighted by Crippen LogP contribution is 2.32. The molecule has 0 saturated carbocycles. The summed E-state index contributed by atoms with van der Waals surface area (Å²) in [5, 5.41) is 11.8. The number of hydrogen-bond donors (Lipinski definition) is 4. The summed E-state index contributed by atoms with van der Waals surface area (Å²) >= 11 is 3.40. The predicted molar refractivity (Wildman–Crippen MR) is 94.3 cm³/mol. The van der Waals surface area contributed by atoms with Gasteiger partial charge in [0.1, 0.15) is 5.82 Å². The van der Waals surface area contributed by atoms with Gasteiger partial charge in [0.2, 0.25) is 0 Å². The monoisotopic (exact) mass is 358 g/mol. The van der Waals surface area contributed by atoms with Crippen molar-refractivity contribution in [2.24, 2.45) is 0 Å². The van der Waals surface area contributed by atoms with Crippen molar-refractivity contribution < 1.29 is 4.79 Å². The van der Waals surface area contributed by atoms with E-state index < -0.39 is 0 Å². The topological polar surface area (TPSA) is 65.2 Å². The molecule has 6 heteroatoms. The summed E-state index contributed by atoms with van der Waals surface area (Å²) in [6.45, 7) is 5.75. The number of carbonyl (C=O) groups excluding carboxylic acids is 1. The van der Waals surface area contributed by atoms with E-state index in [1.807, 2.05) is 43.3 Å². The minimum absolute atomic E-state index is 0.282. The van der Waals surface area contributed by atoms with Gasteiger partial charge in [-0.15, -0.1) is 0 Å². The second-order valence-electron chi connectivity index (χ2n) is 5.03. The number of halogens is 1. The molecule has 4 N–H and O–H groups in total. The highest BCUT2D eigenvalue weighted by atomic mass is 79.9. The minimum Gasteiger partial charge on any atom is -0.341 e. The summed E-state index contributed by atoms with van der Waals surface area (Å²) in [6.07, 6.45) is 0. The molecular formula is C16H15BrN4O. The van der Waals surface area contributed by atoms with Crippen LogP contribution in [-0.4, -0.2) is 6.03 Å². The summed E-state index contributed by atoms with van der Waals surface area (Å²) in [6, 6.07) is 11.0. The van der Waals surface area contributed by atoms with Crippen LogP contribution in [0.4, 0.5) is 27.5 Å². The third-order valence-electron chi connectivity index (χ3n) is 3.29. The molecule has 112 valence electrons. The maximum atomic E-state index is 12.1. The van der Waals surface area contributed by atoms with Crippen LogP contribution in [0.3, 0.4) is 0 Å². The normalized spacial score (nSPS) is 12.2. The number of hydrogen-bond acceptors (Lipinski definition) is 3. The Morgan fingerprint density at radius 2 is 1.86 bits per heavy atom. The molecule has 2 aromatic rings. The maximum Gasteiger partial charge on any atom is 0.323 e. The molecule has 5 nitrogen and oxygen atoms in total. The number of anilines is 4. The van der Waals surface area contributed by atoms with Gasteiger partial charge < -0.3 is 21.3 Å². The Morgan fingerprint density at radius 1 is 1.09 bits per heavy atom. The number of aryl methyl sites for hydroxylation is 1. The maximum absolute atomic E-state index is 12.1. The predicted octanol–water partition coefficient (Wildman–Crippen LogP) is 4.71. The van der Waals surface area contributed by atoms with Crippen molar-refractivity contribution in [3.05, 3.63) is 58.8 Å². The lowest BCUT2D eigenvalue weighted by Gasteiger charge is -2.11. The fourth-order valence-electron chi connectivity index (χ4n) is 2.24. The van der Waals surface area contributed by atoms with E-state index in [2.05, 4.69) is 43.8 Å². The van der Waals surface area contributed by atoms with Crippen molar-refractivity contribution in [3.8, 4) is 0 Å². The van der Waals surface area contributed by atoms with Crippen molar-refractivity contribution in [2.75, 3.05) is 21.3 Å². The van der Waals surface area contributed by atoms with E-state index in [0.717, 1.165) is 32.9 Å². The largest absolute Gasteiger partial charge is 0.341 e. The number of fused-ring (bicyclic) bond motifs is 1. The molecule has 0 fully saturated rings. The third-order valence-corrected chi connectivity index (χ3v) is 3.78. The molecule has 0 radical (unpaired) electrons. The second kappa shape index (κ2) is 5.73. The zero-order valence-corrected chi connectivity index (χ0v) is 13.5. The van der Waals surface area contributed by atoms with Crippen LogP contribution in [0.2, 0.25) is 0 Å². The van der Waals surface area contributed by atoms with Gasteiger partial charge in [-0.3, -0.25) is 0 Å². The Bertz CT molecular complexity index is 773. The second-order valence-corrected chi connectivity index (χ2v) is 5.94. The van der Waals surface area contributed by atoms with Crippen LogP contribution in [-0.2, 0) is 0 Å². The molecule has 0 saturated heterocycles. The van der Waals surface area contributed by atoms with Gasteiger partial charge in [0, 0.05) is 15.8 Å². The standard InChI is InChI=1S/C16H15BrN4O/c1-9-7-11(17)3-5-13(9)21-16(22)20-12-4-6-14-15(8-12)19-10(2)18-14/h3-8,18-19H,2H2,1H3,(H2,20,21,22). The lowest BCUT2D eigenvalue weighted by molar-refractivity contribution is 0.262. The molecule has 0 bridgehead atoms. The Hall–Kier alpha value is -2.47. The lowest BCUT2D eigenvalue weighted by atomic mass is 10.2. The van der Waals surface area contributed by atoms with E-state index in [1.165, 1.54) is 0 Å². The van der Waals surface area contributed by atoms with Gasteiger partial charge in [0.25, 0.3) is 0 Å². The van der Waals surface area contributed by atoms with Crippen molar-refractivity contribution in [1.82, 2.24) is 0 Å². The number of nitrogens with one attached hydrogen (secondary N) is 4. The molecule has 22 heavy (non-hydrogen) atoms. The number of amides is 2. The summed E-state index contributed by atoms with van der Waals surface area (Å²) in [5.74, 6) is 0.724. The molecule has 1 aliphatic rings. The highest BCUT2D eigenvalue weighted by Gasteiger charge is 2.13. The Morgan fingerprint density at radius 3 is 2.64 bits per heavy atom. The summed E-state index contributed by atoms with van der Waals surface area (Å²) < 4.78 is 0.980. The van der Waals surface area contributed by atoms with Crippen molar-refractivity contribution in [1.29, 1.82) is 0 Å². The van der Waals surface area contributed by atoms with Crippen LogP contribution in [0.5, 0.6) is 0 Å². The summed E-state index contributed by atoms with van der Waals surface area (Å²) in [4.78, 5) is 12.1. The zero-order valence-electron chi connectivity index (χ0n) is 12.0. The first-order valence-electron chi connectivity index (χ1n) is 6.72. The van der Waals surface area contributed by atoms with E-state index in [1.54, 1.807) is 0 Å². The Kier molecular flexibility index (Phi) is 3.77. The number of rotatable bonds is 2. The van der Waals surface area contributed by atoms with Crippen LogP contribution in [0.15, 0.2) is 53.3 Å². The van der Waals surface area contributed by atoms with Gasteiger partial charge in [-0.05, 0) is 48.9 Å². The molecular weight excluding hydrogens is 344 g/mol. The van der Waals surface area contributed by atoms with E-state index in [9.17, 15) is 4.79 Å². The first-order chi connectivity index (χ1) is 10.5. The molecule has 0 unspecified atom stereocenters. The van der Waals surface area contributed by atoms with Gasteiger partial charge in [-0.2, -0.15) is 0 Å². The van der Waals surface area contributed by atoms with Gasteiger partial charge in [0.05, 0.1) is 11.4 Å². The van der Waals surface area contributed by atoms with Gasteiger partial charge >= 0.3 is 6.03 Å². The summed E-state index contributed by atoms with van der Waals surface area (Å²) in [5.41, 5.74) is 4.30. The Labute approximate surface area is 136 Å². The quantitative estimate of drug-likeness (QED) is 0.628. The average Bonchev–Trinajstić information content (AvgIpc) is 2.81. The van der Waals surface area contributed by atoms with Crippen LogP contribution in [0.1, 0.15) is 5.56 Å². The van der Waals surface area contributed by atoms with Gasteiger partial charge in [0.15, 0.2) is 0 Å².